The molecule has 0 unspecified atom stereocenters. The minimum absolute atomic E-state index is 0. The van der Waals surface area contributed by atoms with Crippen LogP contribution in [0.4, 0.5) is 14.0 Å². The van der Waals surface area contributed by atoms with Crippen LogP contribution in [0, 0.1) is 18.2 Å². The zero-order chi connectivity index (χ0) is 27.2. The van der Waals surface area contributed by atoms with Gasteiger partial charge in [0.1, 0.15) is 5.69 Å². The van der Waals surface area contributed by atoms with E-state index >= 15 is 0 Å². The van der Waals surface area contributed by atoms with Gasteiger partial charge in [0.2, 0.25) is 10.0 Å². The smallest absolute Gasteiger partial charge is 0.273 e. The number of hydrogen-bond donors (Lipinski definition) is 5. The van der Waals surface area contributed by atoms with Crippen molar-refractivity contribution in [2.75, 3.05) is 7.11 Å². The zero-order valence-corrected chi connectivity index (χ0v) is 21.6. The van der Waals surface area contributed by atoms with Crippen molar-refractivity contribution in [3.8, 4) is 40.7 Å². The number of primary amides is 2. The van der Waals surface area contributed by atoms with Gasteiger partial charge in [-0.05, 0) is 37.3 Å². The maximum atomic E-state index is 13.9. The highest BCUT2D eigenvalue weighted by Crippen LogP contribution is 2.35. The summed E-state index contributed by atoms with van der Waals surface area (Å²) in [6, 6.07) is 10.4. The molecule has 0 saturated carbocycles. The predicted octanol–water partition coefficient (Wildman–Crippen LogP) is 3.24. The molecule has 15 heteroatoms. The molecular weight excluding hydrogens is 547 g/mol. The number of carbonyl (C=O) groups is 2. The number of aromatic nitrogens is 1. The Morgan fingerprint density at radius 2 is 1.62 bits per heavy atom. The van der Waals surface area contributed by atoms with Crippen molar-refractivity contribution in [2.24, 2.45) is 16.6 Å². The lowest BCUT2D eigenvalue weighted by Gasteiger charge is -2.08. The molecule has 1 aromatic heterocycles. The average molecular weight is 577 g/mol. The van der Waals surface area contributed by atoms with Crippen LogP contribution in [-0.2, 0) is 10.0 Å². The van der Waals surface area contributed by atoms with Gasteiger partial charge in [-0.3, -0.25) is 9.59 Å². The van der Waals surface area contributed by atoms with Crippen molar-refractivity contribution < 1.29 is 37.0 Å². The number of primary sulfonamides is 1. The number of thiol groups is 2. The lowest BCUT2D eigenvalue weighted by molar-refractivity contribution is 0.266. The number of amides is 2. The lowest BCUT2D eigenvalue weighted by atomic mass is 10.1. The van der Waals surface area contributed by atoms with E-state index in [1.807, 2.05) is 0 Å². The van der Waals surface area contributed by atoms with Gasteiger partial charge < -0.3 is 26.1 Å². The third-order valence-electron chi connectivity index (χ3n) is 3.43. The summed E-state index contributed by atoms with van der Waals surface area (Å²) in [5.41, 5.74) is 9.64. The van der Waals surface area contributed by atoms with Gasteiger partial charge >= 0.3 is 0 Å². The molecule has 0 saturated heterocycles. The molecule has 0 radical (unpaired) electrons. The number of terminal acetylenes is 1. The molecule has 1 heterocycles. The van der Waals surface area contributed by atoms with Crippen molar-refractivity contribution >= 4 is 45.8 Å². The first-order chi connectivity index (χ1) is 16.3. The third kappa shape index (κ3) is 13.9. The fourth-order valence-corrected chi connectivity index (χ4v) is 3.09. The highest BCUT2D eigenvalue weighted by atomic mass is 32.2. The molecule has 2 aromatic carbocycles. The number of rotatable bonds is 4. The SMILES string of the molecule is C.C#CC.COc1ccc(-c2ncoc2-c2ccccc2S(N)(=O)=O)cc1F.NC(=O)S.NC(=O)S.O. The Labute approximate surface area is 225 Å². The van der Waals surface area contributed by atoms with E-state index in [1.54, 1.807) is 31.2 Å². The fourth-order valence-electron chi connectivity index (χ4n) is 2.36. The number of nitrogens with zero attached hydrogens (tertiary/aromatic N) is 1. The van der Waals surface area contributed by atoms with E-state index in [1.165, 1.54) is 25.3 Å². The number of ether oxygens (including phenoxy) is 1. The van der Waals surface area contributed by atoms with Crippen LogP contribution in [0.15, 0.2) is 58.2 Å². The van der Waals surface area contributed by atoms with Gasteiger partial charge in [0.25, 0.3) is 10.5 Å². The zero-order valence-electron chi connectivity index (χ0n) is 19.0. The van der Waals surface area contributed by atoms with Crippen molar-refractivity contribution in [2.45, 2.75) is 19.2 Å². The summed E-state index contributed by atoms with van der Waals surface area (Å²) >= 11 is 6.21. The van der Waals surface area contributed by atoms with E-state index in [4.69, 9.17) is 23.9 Å². The van der Waals surface area contributed by atoms with E-state index in [9.17, 15) is 12.8 Å². The first kappa shape index (κ1) is 38.0. The highest BCUT2D eigenvalue weighted by Gasteiger charge is 2.21. The van der Waals surface area contributed by atoms with Crippen LogP contribution in [0.1, 0.15) is 14.4 Å². The third-order valence-corrected chi connectivity index (χ3v) is 4.40. The second-order valence-electron chi connectivity index (χ2n) is 5.89. The van der Waals surface area contributed by atoms with Crippen LogP contribution in [0.5, 0.6) is 5.75 Å². The first-order valence-electron chi connectivity index (χ1n) is 9.03. The second-order valence-corrected chi connectivity index (χ2v) is 8.30. The molecule has 0 bridgehead atoms. The number of methoxy groups -OCH3 is 1. The number of benzene rings is 2. The molecule has 2 amide bonds. The monoisotopic (exact) mass is 576 g/mol. The van der Waals surface area contributed by atoms with Crippen LogP contribution in [-0.4, -0.2) is 36.5 Å². The molecule has 8 N–H and O–H groups in total. The molecule has 3 aromatic rings. The van der Waals surface area contributed by atoms with Crippen molar-refractivity contribution in [3.05, 3.63) is 54.7 Å². The van der Waals surface area contributed by atoms with Gasteiger partial charge in [0.05, 0.1) is 12.0 Å². The molecule has 0 fully saturated rings. The molecule has 204 valence electrons. The second kappa shape index (κ2) is 18.7. The summed E-state index contributed by atoms with van der Waals surface area (Å²) < 4.78 is 47.7. The normalized spacial score (nSPS) is 9.00. The number of sulfonamides is 1. The van der Waals surface area contributed by atoms with E-state index in [0.29, 0.717) is 11.3 Å². The predicted molar refractivity (Wildman–Crippen MR) is 147 cm³/mol. The topological polar surface area (TPSA) is 213 Å². The molecular formula is C22H29FN4O7S3. The molecule has 0 aliphatic rings. The van der Waals surface area contributed by atoms with Crippen molar-refractivity contribution in [1.29, 1.82) is 0 Å². The Hall–Kier alpha value is -3.55. The standard InChI is InChI=1S/C16H13FN2O4S.C3H4.2CH3NOS.CH4.H2O/c1-22-13-7-6-10(8-12(13)17)15-16(23-9-19-15)11-4-2-3-5-14(11)24(18,20)21;1-3-2;2*2-1(3)4;;/h2-9H,1H3,(H2,18,20,21);1H,2H3;2*(H3,2,3,4);1H4;1H2. The van der Waals surface area contributed by atoms with Gasteiger partial charge in [0, 0.05) is 11.1 Å². The molecule has 0 aliphatic heterocycles. The summed E-state index contributed by atoms with van der Waals surface area (Å²) in [5.74, 6) is 1.96. The largest absolute Gasteiger partial charge is 0.494 e. The summed E-state index contributed by atoms with van der Waals surface area (Å²) in [6.07, 6.45) is 5.76. The minimum atomic E-state index is -3.96. The van der Waals surface area contributed by atoms with Gasteiger partial charge in [-0.25, -0.2) is 22.9 Å². The van der Waals surface area contributed by atoms with Crippen LogP contribution < -0.4 is 21.3 Å². The maximum absolute atomic E-state index is 13.9. The maximum Gasteiger partial charge on any atom is 0.273 e. The van der Waals surface area contributed by atoms with E-state index < -0.39 is 26.3 Å². The summed E-state index contributed by atoms with van der Waals surface area (Å²) in [6.45, 7) is 1.65. The average Bonchev–Trinajstić information content (AvgIpc) is 3.23. The summed E-state index contributed by atoms with van der Waals surface area (Å²) in [5, 5.41) is 3.97. The van der Waals surface area contributed by atoms with Crippen molar-refractivity contribution in [3.63, 3.8) is 0 Å². The molecule has 3 rings (SSSR count). The Kier molecular flexibility index (Phi) is 19.2. The Bertz CT molecular complexity index is 1270. The number of halogens is 1. The van der Waals surface area contributed by atoms with Gasteiger partial charge in [-0.15, -0.1) is 12.3 Å². The van der Waals surface area contributed by atoms with E-state index in [0.717, 1.165) is 6.39 Å². The van der Waals surface area contributed by atoms with Gasteiger partial charge in [0.15, 0.2) is 23.7 Å². The van der Waals surface area contributed by atoms with Crippen LogP contribution in [0.2, 0.25) is 0 Å². The fraction of sp³-hybridized carbons (Fsp3) is 0.136. The molecule has 11 nitrogen and oxygen atoms in total. The van der Waals surface area contributed by atoms with Crippen LogP contribution >= 0.6 is 25.3 Å². The number of carbonyl (C=O) groups excluding carboxylic acids is 2. The lowest BCUT2D eigenvalue weighted by Crippen LogP contribution is -2.13. The highest BCUT2D eigenvalue weighted by molar-refractivity contribution is 7.96. The Morgan fingerprint density at radius 3 is 2.05 bits per heavy atom. The number of hydrogen-bond acceptors (Lipinski definition) is 7. The Morgan fingerprint density at radius 1 is 1.14 bits per heavy atom. The molecule has 0 aliphatic carbocycles. The van der Waals surface area contributed by atoms with Crippen LogP contribution in [0.25, 0.3) is 22.6 Å². The minimum Gasteiger partial charge on any atom is -0.494 e. The summed E-state index contributed by atoms with van der Waals surface area (Å²) in [7, 11) is -2.60. The van der Waals surface area contributed by atoms with Crippen LogP contribution in [0.3, 0.4) is 0 Å². The molecule has 0 atom stereocenters. The van der Waals surface area contributed by atoms with Gasteiger partial charge in [-0.1, -0.05) is 44.8 Å². The van der Waals surface area contributed by atoms with E-state index in [2.05, 4.69) is 54.1 Å². The van der Waals surface area contributed by atoms with E-state index in [-0.39, 0.29) is 34.9 Å². The number of nitrogens with two attached hydrogens (primary N) is 3. The molecule has 37 heavy (non-hydrogen) atoms. The Balaban J connectivity index is -0.000000762. The number of oxazole rings is 1. The van der Waals surface area contributed by atoms with Gasteiger partial charge in [-0.2, -0.15) is 0 Å². The summed E-state index contributed by atoms with van der Waals surface area (Å²) in [4.78, 5) is 22.1. The molecule has 0 spiro atoms. The first-order valence-corrected chi connectivity index (χ1v) is 11.5. The van der Waals surface area contributed by atoms with Crippen molar-refractivity contribution in [1.82, 2.24) is 4.98 Å². The quantitative estimate of drug-likeness (QED) is 0.231.